The summed E-state index contributed by atoms with van der Waals surface area (Å²) in [4.78, 5) is 0. The molecular weight excluding hydrogens is 119 g/mol. The maximum absolute atomic E-state index is 10.2. The number of nitrogens with one attached hydrogen (secondary N) is 1. The van der Waals surface area contributed by atoms with Crippen LogP contribution in [0.25, 0.3) is 0 Å². The highest BCUT2D eigenvalue weighted by Gasteiger charge is 1.92. The summed E-state index contributed by atoms with van der Waals surface area (Å²) >= 11 is 0. The quantitative estimate of drug-likeness (QED) is 0.409. The average molecular weight is 124 g/mol. The van der Waals surface area contributed by atoms with Gasteiger partial charge in [-0.1, -0.05) is 12.6 Å². The summed E-state index contributed by atoms with van der Waals surface area (Å²) in [5, 5.41) is 26.4. The molecule has 1 aromatic rings. The standard InChI is InChI=1S/C4H5BN2O2/c1-3-4(5(8)9)2-6-7-3/h2H,1H3,(H,6,7)/q-2. The molecule has 0 atom stereocenters. The summed E-state index contributed by atoms with van der Waals surface area (Å²) in [7, 11) is -1.91. The second-order valence-electron chi connectivity index (χ2n) is 1.78. The molecule has 0 aromatic carbocycles. The van der Waals surface area contributed by atoms with E-state index in [0.29, 0.717) is 5.69 Å². The largest absolute Gasteiger partial charge is 0.889 e. The van der Waals surface area contributed by atoms with E-state index in [1.54, 1.807) is 6.92 Å². The van der Waals surface area contributed by atoms with E-state index in [1.807, 2.05) is 0 Å². The lowest BCUT2D eigenvalue weighted by Gasteiger charge is -2.25. The molecule has 1 heterocycles. The highest BCUT2D eigenvalue weighted by molar-refractivity contribution is 6.55. The van der Waals surface area contributed by atoms with E-state index in [0.717, 1.165) is 0 Å². The minimum atomic E-state index is -1.91. The van der Waals surface area contributed by atoms with Gasteiger partial charge in [0.1, 0.15) is 0 Å². The van der Waals surface area contributed by atoms with Crippen LogP contribution in [0.15, 0.2) is 6.20 Å². The number of aryl methyl sites for hydroxylation is 1. The molecule has 0 unspecified atom stereocenters. The number of rotatable bonds is 1. The van der Waals surface area contributed by atoms with Crippen LogP contribution in [-0.2, 0) is 0 Å². The highest BCUT2D eigenvalue weighted by Crippen LogP contribution is 1.81. The summed E-state index contributed by atoms with van der Waals surface area (Å²) in [6.45, 7) is 1.64. The molecule has 0 radical (unpaired) electrons. The van der Waals surface area contributed by atoms with Crippen molar-refractivity contribution >= 4 is 12.6 Å². The molecule has 0 amide bonds. The van der Waals surface area contributed by atoms with Gasteiger partial charge in [-0.15, -0.1) is 0 Å². The van der Waals surface area contributed by atoms with Crippen molar-refractivity contribution in [1.29, 1.82) is 0 Å². The van der Waals surface area contributed by atoms with E-state index in [-0.39, 0.29) is 5.46 Å². The van der Waals surface area contributed by atoms with Crippen molar-refractivity contribution < 1.29 is 10.0 Å². The number of nitrogens with zero attached hydrogens (tertiary/aromatic N) is 1. The van der Waals surface area contributed by atoms with Gasteiger partial charge in [-0.25, -0.2) is 0 Å². The van der Waals surface area contributed by atoms with Crippen molar-refractivity contribution in [2.45, 2.75) is 6.92 Å². The first-order valence-corrected chi connectivity index (χ1v) is 2.53. The molecule has 0 spiro atoms. The summed E-state index contributed by atoms with van der Waals surface area (Å²) in [5.74, 6) is 0. The van der Waals surface area contributed by atoms with Crippen molar-refractivity contribution in [2.75, 3.05) is 0 Å². The molecule has 0 aliphatic rings. The summed E-state index contributed by atoms with van der Waals surface area (Å²) in [6.07, 6.45) is 1.26. The van der Waals surface area contributed by atoms with E-state index >= 15 is 0 Å². The van der Waals surface area contributed by atoms with Gasteiger partial charge in [0.25, 0.3) is 0 Å². The molecule has 0 saturated carbocycles. The lowest BCUT2D eigenvalue weighted by molar-refractivity contribution is -0.341. The van der Waals surface area contributed by atoms with Gasteiger partial charge in [0.2, 0.25) is 0 Å². The molecule has 5 heteroatoms. The number of hydrogen-bond donors (Lipinski definition) is 1. The van der Waals surface area contributed by atoms with Gasteiger partial charge >= 0.3 is 0 Å². The first kappa shape index (κ1) is 6.32. The topological polar surface area (TPSA) is 74.8 Å². The molecule has 4 nitrogen and oxygen atoms in total. The van der Waals surface area contributed by atoms with Gasteiger partial charge in [-0.2, -0.15) is 5.10 Å². The number of hydrogen-bond acceptors (Lipinski definition) is 3. The van der Waals surface area contributed by atoms with Gasteiger partial charge < -0.3 is 10.0 Å². The zero-order valence-corrected chi connectivity index (χ0v) is 4.92. The predicted molar refractivity (Wildman–Crippen MR) is 28.7 cm³/mol. The third-order valence-electron chi connectivity index (χ3n) is 1.12. The fourth-order valence-electron chi connectivity index (χ4n) is 0.598. The van der Waals surface area contributed by atoms with Crippen LogP contribution in [0.3, 0.4) is 0 Å². The Morgan fingerprint density at radius 3 is 2.56 bits per heavy atom. The van der Waals surface area contributed by atoms with Crippen molar-refractivity contribution in [1.82, 2.24) is 10.2 Å². The molecule has 1 aromatic heterocycles. The van der Waals surface area contributed by atoms with E-state index in [4.69, 9.17) is 0 Å². The second kappa shape index (κ2) is 2.20. The highest BCUT2D eigenvalue weighted by atomic mass is 16.4. The normalized spacial score (nSPS) is 9.67. The van der Waals surface area contributed by atoms with E-state index in [1.165, 1.54) is 6.20 Å². The second-order valence-corrected chi connectivity index (χ2v) is 1.78. The fraction of sp³-hybridized carbons (Fsp3) is 0.250. The van der Waals surface area contributed by atoms with E-state index in [2.05, 4.69) is 10.2 Å². The van der Waals surface area contributed by atoms with Crippen molar-refractivity contribution in [3.8, 4) is 0 Å². The Morgan fingerprint density at radius 2 is 2.33 bits per heavy atom. The van der Waals surface area contributed by atoms with Crippen molar-refractivity contribution in [3.63, 3.8) is 0 Å². The molecule has 0 aliphatic heterocycles. The monoisotopic (exact) mass is 124 g/mol. The molecule has 9 heavy (non-hydrogen) atoms. The zero-order chi connectivity index (χ0) is 6.85. The smallest absolute Gasteiger partial charge is 0.0398 e. The van der Waals surface area contributed by atoms with Crippen LogP contribution >= 0.6 is 0 Å². The summed E-state index contributed by atoms with van der Waals surface area (Å²) in [6, 6.07) is 0. The van der Waals surface area contributed by atoms with Crippen LogP contribution in [0.1, 0.15) is 5.69 Å². The Hall–Kier alpha value is -0.805. The molecular formula is C4H5BN2O2-2. The Balaban J connectivity index is 2.94. The molecule has 48 valence electrons. The first-order valence-electron chi connectivity index (χ1n) is 2.53. The minimum absolute atomic E-state index is 0.204. The maximum Gasteiger partial charge on any atom is 0.0398 e. The predicted octanol–water partition coefficient (Wildman–Crippen LogP) is -2.87. The van der Waals surface area contributed by atoms with Crippen LogP contribution in [0.5, 0.6) is 0 Å². The Labute approximate surface area is 52.7 Å². The lowest BCUT2D eigenvalue weighted by atomic mass is 9.81. The third kappa shape index (κ3) is 1.12. The van der Waals surface area contributed by atoms with E-state index in [9.17, 15) is 10.0 Å². The van der Waals surface area contributed by atoms with Crippen molar-refractivity contribution in [3.05, 3.63) is 11.9 Å². The number of aromatic nitrogens is 2. The van der Waals surface area contributed by atoms with Crippen LogP contribution in [0, 0.1) is 6.92 Å². The van der Waals surface area contributed by atoms with E-state index < -0.39 is 7.12 Å². The van der Waals surface area contributed by atoms with Gasteiger partial charge in [0.15, 0.2) is 0 Å². The van der Waals surface area contributed by atoms with Gasteiger partial charge in [-0.05, 0) is 6.92 Å². The molecule has 1 N–H and O–H groups in total. The summed E-state index contributed by atoms with van der Waals surface area (Å²) < 4.78 is 0. The fourth-order valence-corrected chi connectivity index (χ4v) is 0.598. The molecule has 0 saturated heterocycles. The third-order valence-corrected chi connectivity index (χ3v) is 1.12. The van der Waals surface area contributed by atoms with Crippen LogP contribution in [-0.4, -0.2) is 17.3 Å². The number of H-pyrrole nitrogens is 1. The Bertz CT molecular complexity index is 198. The number of aromatic amines is 1. The van der Waals surface area contributed by atoms with Gasteiger partial charge in [0, 0.05) is 11.9 Å². The molecule has 1 rings (SSSR count). The maximum atomic E-state index is 10.2. The average Bonchev–Trinajstić information content (AvgIpc) is 2.13. The minimum Gasteiger partial charge on any atom is -0.889 e. The Morgan fingerprint density at radius 1 is 1.67 bits per heavy atom. The van der Waals surface area contributed by atoms with Crippen LogP contribution in [0.2, 0.25) is 0 Å². The van der Waals surface area contributed by atoms with Gasteiger partial charge in [0.05, 0.1) is 0 Å². The SMILES string of the molecule is Cc1[nH]ncc1B([O-])[O-]. The van der Waals surface area contributed by atoms with Crippen LogP contribution < -0.4 is 15.5 Å². The van der Waals surface area contributed by atoms with Crippen LogP contribution in [0.4, 0.5) is 0 Å². The molecule has 0 bridgehead atoms. The molecule has 0 aliphatic carbocycles. The molecule has 0 fully saturated rings. The summed E-state index contributed by atoms with van der Waals surface area (Å²) in [5.41, 5.74) is 0.764. The zero-order valence-electron chi connectivity index (χ0n) is 4.92. The Kier molecular flexibility index (Phi) is 1.55. The lowest BCUT2D eigenvalue weighted by Crippen LogP contribution is -2.55. The first-order chi connectivity index (χ1) is 4.22. The van der Waals surface area contributed by atoms with Gasteiger partial charge in [-0.3, -0.25) is 5.10 Å². The van der Waals surface area contributed by atoms with Crippen molar-refractivity contribution in [2.24, 2.45) is 0 Å².